The van der Waals surface area contributed by atoms with Crippen LogP contribution in [0.15, 0.2) is 131 Å². The molecule has 2 aliphatic heterocycles. The smallest absolute Gasteiger partial charge is 0.0564 e. The second-order valence-electron chi connectivity index (χ2n) is 10.1. The lowest BCUT2D eigenvalue weighted by Gasteiger charge is -2.44. The molecular weight excluding hydrogens is 505 g/mol. The van der Waals surface area contributed by atoms with Crippen LogP contribution in [-0.2, 0) is 17.2 Å². The van der Waals surface area contributed by atoms with Gasteiger partial charge in [-0.1, -0.05) is 128 Å². The number of fused-ring (bicyclic) bond motifs is 4. The molecule has 0 fully saturated rings. The van der Waals surface area contributed by atoms with E-state index in [4.69, 9.17) is 11.8 Å². The molecule has 0 saturated carbocycles. The van der Waals surface area contributed by atoms with Crippen LogP contribution >= 0.6 is 17.8 Å². The summed E-state index contributed by atoms with van der Waals surface area (Å²) in [5.41, 5.74) is 6.24. The lowest BCUT2D eigenvalue weighted by atomic mass is 9.73. The van der Waals surface area contributed by atoms with Gasteiger partial charge in [0.1, 0.15) is 0 Å². The van der Waals surface area contributed by atoms with Gasteiger partial charge in [0, 0.05) is 31.9 Å². The van der Waals surface area contributed by atoms with Crippen molar-refractivity contribution in [2.45, 2.75) is 29.1 Å². The van der Waals surface area contributed by atoms with Crippen molar-refractivity contribution < 1.29 is 0 Å². The standard InChI is InChI=1S/C33H26NPS2/c1-33(2)24-15-6-8-17-26(24)34(27-18-9-7-16-25(27)33)28-19-12-22-31-32(28)35(36,23-13-4-3-5-14-23)29-20-10-11-21-30(29)37-31/h3-22H,1-2H3. The molecule has 0 aromatic heterocycles. The Morgan fingerprint density at radius 1 is 0.595 bits per heavy atom. The minimum atomic E-state index is -2.34. The Balaban J connectivity index is 1.58. The normalized spacial score (nSPS) is 18.8. The first-order valence-corrected chi connectivity index (χ1v) is 16.2. The van der Waals surface area contributed by atoms with Gasteiger partial charge in [-0.15, -0.1) is 0 Å². The number of anilines is 3. The van der Waals surface area contributed by atoms with E-state index >= 15 is 0 Å². The van der Waals surface area contributed by atoms with E-state index in [2.05, 4.69) is 140 Å². The second kappa shape index (κ2) is 8.46. The molecule has 2 aliphatic rings. The van der Waals surface area contributed by atoms with Crippen LogP contribution in [-0.4, -0.2) is 0 Å². The average Bonchev–Trinajstić information content (AvgIpc) is 2.94. The molecule has 2 heterocycles. The Morgan fingerprint density at radius 3 is 1.84 bits per heavy atom. The molecule has 0 N–H and O–H groups in total. The molecule has 1 atom stereocenters. The molecule has 1 nitrogen and oxygen atoms in total. The van der Waals surface area contributed by atoms with Gasteiger partial charge in [-0.05, 0) is 46.8 Å². The number of benzene rings is 5. The predicted octanol–water partition coefficient (Wildman–Crippen LogP) is 8.02. The zero-order valence-electron chi connectivity index (χ0n) is 20.8. The van der Waals surface area contributed by atoms with Crippen LogP contribution in [0.3, 0.4) is 0 Å². The van der Waals surface area contributed by atoms with E-state index in [9.17, 15) is 0 Å². The van der Waals surface area contributed by atoms with Crippen LogP contribution in [0.5, 0.6) is 0 Å². The SMILES string of the molecule is CC1(C)c2ccccc2N(c2cccc3c2P(=S)(c2ccccc2)c2ccccc2S3)c2ccccc21. The molecule has 0 aliphatic carbocycles. The van der Waals surface area contributed by atoms with Gasteiger partial charge in [-0.3, -0.25) is 0 Å². The monoisotopic (exact) mass is 531 g/mol. The van der Waals surface area contributed by atoms with Crippen molar-refractivity contribution >= 4 is 62.6 Å². The van der Waals surface area contributed by atoms with Crippen molar-refractivity contribution in [3.05, 3.63) is 132 Å². The van der Waals surface area contributed by atoms with E-state index in [1.165, 1.54) is 53.9 Å². The maximum atomic E-state index is 6.90. The van der Waals surface area contributed by atoms with Gasteiger partial charge in [0.15, 0.2) is 0 Å². The number of rotatable bonds is 2. The molecule has 180 valence electrons. The Bertz CT molecular complexity index is 1670. The van der Waals surface area contributed by atoms with E-state index < -0.39 is 6.04 Å². The van der Waals surface area contributed by atoms with E-state index in [0.29, 0.717) is 0 Å². The highest BCUT2D eigenvalue weighted by Gasteiger charge is 2.41. The molecule has 1 unspecified atom stereocenters. The highest BCUT2D eigenvalue weighted by molar-refractivity contribution is 8.26. The summed E-state index contributed by atoms with van der Waals surface area (Å²) in [6.07, 6.45) is 0. The summed E-state index contributed by atoms with van der Waals surface area (Å²) in [6.45, 7) is 4.67. The summed E-state index contributed by atoms with van der Waals surface area (Å²) in [6, 6.07) is 41.7. The van der Waals surface area contributed by atoms with Crippen LogP contribution in [0.1, 0.15) is 25.0 Å². The minimum Gasteiger partial charge on any atom is -0.309 e. The summed E-state index contributed by atoms with van der Waals surface area (Å²) < 4.78 is 0. The fraction of sp³-hybridized carbons (Fsp3) is 0.0909. The zero-order valence-corrected chi connectivity index (χ0v) is 23.3. The summed E-state index contributed by atoms with van der Waals surface area (Å²) in [5, 5.41) is 3.83. The van der Waals surface area contributed by atoms with Crippen LogP contribution in [0.4, 0.5) is 17.1 Å². The van der Waals surface area contributed by atoms with Crippen LogP contribution < -0.4 is 20.8 Å². The van der Waals surface area contributed by atoms with E-state index in [0.717, 1.165) is 0 Å². The largest absolute Gasteiger partial charge is 0.309 e. The maximum absolute atomic E-state index is 6.90. The van der Waals surface area contributed by atoms with E-state index in [-0.39, 0.29) is 5.41 Å². The lowest BCUT2D eigenvalue weighted by Crippen LogP contribution is -2.36. The molecule has 7 rings (SSSR count). The van der Waals surface area contributed by atoms with Crippen molar-refractivity contribution in [1.82, 2.24) is 0 Å². The van der Waals surface area contributed by atoms with Gasteiger partial charge in [0.05, 0.1) is 17.1 Å². The predicted molar refractivity (Wildman–Crippen MR) is 163 cm³/mol. The first kappa shape index (κ1) is 23.0. The summed E-state index contributed by atoms with van der Waals surface area (Å²) in [4.78, 5) is 5.02. The van der Waals surface area contributed by atoms with Gasteiger partial charge in [0.25, 0.3) is 0 Å². The average molecular weight is 532 g/mol. The molecule has 37 heavy (non-hydrogen) atoms. The number of para-hydroxylation sites is 2. The Morgan fingerprint density at radius 2 is 1.14 bits per heavy atom. The number of nitrogens with zero attached hydrogens (tertiary/aromatic N) is 1. The van der Waals surface area contributed by atoms with Gasteiger partial charge in [-0.25, -0.2) is 0 Å². The molecule has 5 aromatic carbocycles. The summed E-state index contributed by atoms with van der Waals surface area (Å²) in [5.74, 6) is 0. The third-order valence-corrected chi connectivity index (χ3v) is 14.1. The van der Waals surface area contributed by atoms with Gasteiger partial charge < -0.3 is 4.90 Å². The van der Waals surface area contributed by atoms with E-state index in [1.807, 2.05) is 11.8 Å². The number of hydrogen-bond donors (Lipinski definition) is 0. The molecule has 0 amide bonds. The summed E-state index contributed by atoms with van der Waals surface area (Å²) >= 11 is 8.75. The van der Waals surface area contributed by atoms with Crippen molar-refractivity contribution in [3.63, 3.8) is 0 Å². The third-order valence-electron chi connectivity index (χ3n) is 7.71. The Hall–Kier alpha value is -3.10. The fourth-order valence-corrected chi connectivity index (χ4v) is 12.7. The van der Waals surface area contributed by atoms with Crippen molar-refractivity contribution in [3.8, 4) is 0 Å². The van der Waals surface area contributed by atoms with Gasteiger partial charge in [-0.2, -0.15) is 0 Å². The van der Waals surface area contributed by atoms with Crippen LogP contribution in [0.25, 0.3) is 0 Å². The molecule has 0 radical (unpaired) electrons. The highest BCUT2D eigenvalue weighted by Crippen LogP contribution is 2.58. The second-order valence-corrected chi connectivity index (χ2v) is 15.5. The van der Waals surface area contributed by atoms with Gasteiger partial charge >= 0.3 is 0 Å². The van der Waals surface area contributed by atoms with Crippen molar-refractivity contribution in [2.24, 2.45) is 0 Å². The van der Waals surface area contributed by atoms with Gasteiger partial charge in [0.2, 0.25) is 0 Å². The highest BCUT2D eigenvalue weighted by atomic mass is 32.4. The first-order chi connectivity index (χ1) is 18.0. The Labute approximate surface area is 228 Å². The zero-order chi connectivity index (χ0) is 25.2. The Kier molecular flexibility index (Phi) is 5.27. The number of hydrogen-bond acceptors (Lipinski definition) is 3. The topological polar surface area (TPSA) is 3.24 Å². The molecule has 0 saturated heterocycles. The fourth-order valence-electron chi connectivity index (χ4n) is 5.97. The quantitative estimate of drug-likeness (QED) is 0.208. The molecular formula is C33H26NPS2. The summed E-state index contributed by atoms with van der Waals surface area (Å²) in [7, 11) is 0. The minimum absolute atomic E-state index is 0.0977. The van der Waals surface area contributed by atoms with Crippen LogP contribution in [0, 0.1) is 0 Å². The first-order valence-electron chi connectivity index (χ1n) is 12.6. The van der Waals surface area contributed by atoms with Crippen molar-refractivity contribution in [1.29, 1.82) is 0 Å². The maximum Gasteiger partial charge on any atom is 0.0564 e. The molecule has 0 spiro atoms. The molecule has 0 bridgehead atoms. The third kappa shape index (κ3) is 3.28. The van der Waals surface area contributed by atoms with Crippen molar-refractivity contribution in [2.75, 3.05) is 4.90 Å². The molecule has 4 heteroatoms. The lowest BCUT2D eigenvalue weighted by molar-refractivity contribution is 0.632. The van der Waals surface area contributed by atoms with E-state index in [1.54, 1.807) is 0 Å². The van der Waals surface area contributed by atoms with Crippen LogP contribution in [0.2, 0.25) is 0 Å². The molecule has 5 aromatic rings.